The largest absolute Gasteiger partial charge is 0.318 e. The van der Waals surface area contributed by atoms with E-state index in [9.17, 15) is 4.79 Å². The summed E-state index contributed by atoms with van der Waals surface area (Å²) in [4.78, 5) is 21.2. The molecule has 1 unspecified atom stereocenters. The number of imidazole rings is 1. The number of rotatable bonds is 5. The van der Waals surface area contributed by atoms with Crippen molar-refractivity contribution in [2.75, 3.05) is 0 Å². The van der Waals surface area contributed by atoms with Crippen molar-refractivity contribution >= 4 is 5.78 Å². The van der Waals surface area contributed by atoms with Crippen LogP contribution in [0.1, 0.15) is 27.9 Å². The zero-order chi connectivity index (χ0) is 16.2. The molecule has 2 heterocycles. The Hall–Kier alpha value is -3.05. The van der Waals surface area contributed by atoms with Gasteiger partial charge in [0, 0.05) is 24.2 Å². The van der Waals surface area contributed by atoms with Crippen molar-refractivity contribution in [3.8, 4) is 5.69 Å². The average Bonchev–Trinajstić information content (AvgIpc) is 3.10. The van der Waals surface area contributed by atoms with Crippen molar-refractivity contribution in [3.05, 3.63) is 90.8 Å². The van der Waals surface area contributed by atoms with E-state index in [1.54, 1.807) is 48.9 Å². The van der Waals surface area contributed by atoms with Crippen molar-refractivity contribution in [1.82, 2.24) is 14.5 Å². The van der Waals surface area contributed by atoms with E-state index in [1.165, 1.54) is 0 Å². The molecule has 1 aromatic carbocycles. The fourth-order valence-corrected chi connectivity index (χ4v) is 2.38. The SMILES string of the molecule is C=CC(N)c1nccn1-c1ccccc1C(=O)c1ccccn1. The van der Waals surface area contributed by atoms with Gasteiger partial charge in [-0.05, 0) is 24.3 Å². The summed E-state index contributed by atoms with van der Waals surface area (Å²) in [5.41, 5.74) is 7.67. The lowest BCUT2D eigenvalue weighted by Crippen LogP contribution is -2.15. The molecule has 0 spiro atoms. The first-order valence-corrected chi connectivity index (χ1v) is 7.19. The minimum absolute atomic E-state index is 0.145. The van der Waals surface area contributed by atoms with Gasteiger partial charge in [0.1, 0.15) is 11.5 Å². The summed E-state index contributed by atoms with van der Waals surface area (Å²) in [7, 11) is 0. The second kappa shape index (κ2) is 6.37. The van der Waals surface area contributed by atoms with Crippen molar-refractivity contribution in [1.29, 1.82) is 0 Å². The van der Waals surface area contributed by atoms with Crippen LogP contribution in [0.15, 0.2) is 73.7 Å². The van der Waals surface area contributed by atoms with Crippen molar-refractivity contribution in [2.24, 2.45) is 5.73 Å². The van der Waals surface area contributed by atoms with Crippen molar-refractivity contribution in [3.63, 3.8) is 0 Å². The predicted octanol–water partition coefficient (Wildman–Crippen LogP) is 2.68. The van der Waals surface area contributed by atoms with Crippen LogP contribution in [0.2, 0.25) is 0 Å². The topological polar surface area (TPSA) is 73.8 Å². The Morgan fingerprint density at radius 1 is 1.13 bits per heavy atom. The molecule has 3 aromatic rings. The molecular formula is C18H16N4O. The molecule has 1 atom stereocenters. The fraction of sp³-hybridized carbons (Fsp3) is 0.0556. The van der Waals surface area contributed by atoms with Crippen LogP contribution in [0.25, 0.3) is 5.69 Å². The first kappa shape index (κ1) is 14.9. The molecule has 3 rings (SSSR count). The number of benzene rings is 1. The first-order chi connectivity index (χ1) is 11.2. The number of pyridine rings is 1. The van der Waals surface area contributed by atoms with Gasteiger partial charge in [0.15, 0.2) is 0 Å². The van der Waals surface area contributed by atoms with Gasteiger partial charge in [0.05, 0.1) is 11.7 Å². The molecule has 0 radical (unpaired) electrons. The van der Waals surface area contributed by atoms with Crippen LogP contribution in [-0.2, 0) is 0 Å². The zero-order valence-corrected chi connectivity index (χ0v) is 12.5. The van der Waals surface area contributed by atoms with Crippen LogP contribution in [0.5, 0.6) is 0 Å². The van der Waals surface area contributed by atoms with Gasteiger partial charge in [0.25, 0.3) is 0 Å². The maximum atomic E-state index is 12.8. The Bertz CT molecular complexity index is 839. The van der Waals surface area contributed by atoms with Gasteiger partial charge in [-0.2, -0.15) is 0 Å². The lowest BCUT2D eigenvalue weighted by atomic mass is 10.0. The standard InChI is InChI=1S/C18H16N4O/c1-2-14(19)18-21-11-12-22(18)16-9-4-3-7-13(16)17(23)15-8-5-6-10-20-15/h2-12,14H,1,19H2. The van der Waals surface area contributed by atoms with E-state index in [-0.39, 0.29) is 5.78 Å². The lowest BCUT2D eigenvalue weighted by Gasteiger charge is -2.14. The van der Waals surface area contributed by atoms with E-state index in [0.29, 0.717) is 22.8 Å². The Balaban J connectivity index is 2.11. The first-order valence-electron chi connectivity index (χ1n) is 7.19. The van der Waals surface area contributed by atoms with E-state index in [1.807, 2.05) is 22.8 Å². The number of aromatic nitrogens is 3. The summed E-state index contributed by atoms with van der Waals surface area (Å²) in [5, 5.41) is 0. The summed E-state index contributed by atoms with van der Waals surface area (Å²) in [6.07, 6.45) is 6.65. The normalized spacial score (nSPS) is 11.9. The lowest BCUT2D eigenvalue weighted by molar-refractivity contribution is 0.103. The van der Waals surface area contributed by atoms with Crippen LogP contribution >= 0.6 is 0 Å². The number of nitrogens with zero attached hydrogens (tertiary/aromatic N) is 3. The number of carbonyl (C=O) groups excluding carboxylic acids is 1. The van der Waals surface area contributed by atoms with Crippen LogP contribution in [0.3, 0.4) is 0 Å². The van der Waals surface area contributed by atoms with E-state index in [0.717, 1.165) is 0 Å². The molecule has 5 nitrogen and oxygen atoms in total. The maximum Gasteiger partial charge on any atom is 0.213 e. The minimum Gasteiger partial charge on any atom is -0.318 e. The molecule has 0 aliphatic heterocycles. The van der Waals surface area contributed by atoms with Crippen LogP contribution in [0.4, 0.5) is 0 Å². The molecule has 0 saturated heterocycles. The second-order valence-corrected chi connectivity index (χ2v) is 4.98. The molecule has 0 fully saturated rings. The predicted molar refractivity (Wildman–Crippen MR) is 88.4 cm³/mol. The number of hydrogen-bond acceptors (Lipinski definition) is 4. The summed E-state index contributed by atoms with van der Waals surface area (Å²) in [5.74, 6) is 0.481. The molecule has 0 aliphatic rings. The van der Waals surface area contributed by atoms with E-state index >= 15 is 0 Å². The molecular weight excluding hydrogens is 288 g/mol. The third-order valence-electron chi connectivity index (χ3n) is 3.53. The highest BCUT2D eigenvalue weighted by molar-refractivity contribution is 6.10. The third kappa shape index (κ3) is 2.82. The summed E-state index contributed by atoms with van der Waals surface area (Å²) >= 11 is 0. The van der Waals surface area contributed by atoms with Gasteiger partial charge < -0.3 is 10.3 Å². The maximum absolute atomic E-state index is 12.8. The number of para-hydroxylation sites is 1. The van der Waals surface area contributed by atoms with Gasteiger partial charge in [-0.15, -0.1) is 6.58 Å². The highest BCUT2D eigenvalue weighted by Gasteiger charge is 2.18. The summed E-state index contributed by atoms with van der Waals surface area (Å²) < 4.78 is 1.81. The number of hydrogen-bond donors (Lipinski definition) is 1. The van der Waals surface area contributed by atoms with E-state index < -0.39 is 6.04 Å². The molecule has 2 aromatic heterocycles. The second-order valence-electron chi connectivity index (χ2n) is 4.98. The zero-order valence-electron chi connectivity index (χ0n) is 12.5. The molecule has 23 heavy (non-hydrogen) atoms. The Labute approximate surface area is 134 Å². The Morgan fingerprint density at radius 2 is 1.91 bits per heavy atom. The molecule has 0 aliphatic carbocycles. The molecule has 2 N–H and O–H groups in total. The van der Waals surface area contributed by atoms with Gasteiger partial charge in [-0.3, -0.25) is 9.78 Å². The van der Waals surface area contributed by atoms with Gasteiger partial charge >= 0.3 is 0 Å². The smallest absolute Gasteiger partial charge is 0.213 e. The van der Waals surface area contributed by atoms with Crippen molar-refractivity contribution in [2.45, 2.75) is 6.04 Å². The number of ketones is 1. The van der Waals surface area contributed by atoms with Gasteiger partial charge in [0.2, 0.25) is 5.78 Å². The third-order valence-corrected chi connectivity index (χ3v) is 3.53. The molecule has 0 amide bonds. The van der Waals surface area contributed by atoms with Gasteiger partial charge in [-0.1, -0.05) is 24.3 Å². The Morgan fingerprint density at radius 3 is 2.65 bits per heavy atom. The highest BCUT2D eigenvalue weighted by Crippen LogP contribution is 2.21. The molecule has 5 heteroatoms. The average molecular weight is 304 g/mol. The fourth-order valence-electron chi connectivity index (χ4n) is 2.38. The number of nitrogens with two attached hydrogens (primary N) is 1. The quantitative estimate of drug-likeness (QED) is 0.581. The van der Waals surface area contributed by atoms with Crippen LogP contribution in [0, 0.1) is 0 Å². The molecule has 0 bridgehead atoms. The highest BCUT2D eigenvalue weighted by atomic mass is 16.1. The van der Waals surface area contributed by atoms with Crippen LogP contribution in [-0.4, -0.2) is 20.3 Å². The Kier molecular flexibility index (Phi) is 4.12. The van der Waals surface area contributed by atoms with Gasteiger partial charge in [-0.25, -0.2) is 4.98 Å². The molecule has 114 valence electrons. The molecule has 0 saturated carbocycles. The van der Waals surface area contributed by atoms with E-state index in [4.69, 9.17) is 5.73 Å². The minimum atomic E-state index is -0.414. The van der Waals surface area contributed by atoms with Crippen molar-refractivity contribution < 1.29 is 4.79 Å². The monoisotopic (exact) mass is 304 g/mol. The summed E-state index contributed by atoms with van der Waals surface area (Å²) in [6.45, 7) is 3.70. The summed E-state index contributed by atoms with van der Waals surface area (Å²) in [6, 6.07) is 12.2. The van der Waals surface area contributed by atoms with E-state index in [2.05, 4.69) is 16.5 Å². The number of carbonyl (C=O) groups is 1. The van der Waals surface area contributed by atoms with Crippen LogP contribution < -0.4 is 5.73 Å².